The Hall–Kier alpha value is -2.83. The first-order valence-electron chi connectivity index (χ1n) is 5.91. The number of nitro groups is 1. The van der Waals surface area contributed by atoms with E-state index in [0.29, 0.717) is 0 Å². The van der Waals surface area contributed by atoms with Gasteiger partial charge in [0.05, 0.1) is 18.1 Å². The first kappa shape index (κ1) is 14.6. The molecule has 110 valence electrons. The second-order valence-corrected chi connectivity index (χ2v) is 4.32. The standard InChI is InChI=1S/C14H12FNO5/c1-8-3-9(17)5-10(4-8)21-13-7-14(20-2)12(16(18)19)6-11(13)15/h3-7,17H,1-2H3. The van der Waals surface area contributed by atoms with E-state index < -0.39 is 16.4 Å². The summed E-state index contributed by atoms with van der Waals surface area (Å²) in [5, 5.41) is 20.2. The number of nitrogens with zero attached hydrogens (tertiary/aromatic N) is 1. The van der Waals surface area contributed by atoms with Crippen molar-refractivity contribution >= 4 is 5.69 Å². The lowest BCUT2D eigenvalue weighted by Gasteiger charge is -2.10. The smallest absolute Gasteiger partial charge is 0.314 e. The predicted octanol–water partition coefficient (Wildman–Crippen LogP) is 3.55. The van der Waals surface area contributed by atoms with Crippen LogP contribution in [0.25, 0.3) is 0 Å². The molecular weight excluding hydrogens is 281 g/mol. The van der Waals surface area contributed by atoms with Crippen LogP contribution in [0.3, 0.4) is 0 Å². The van der Waals surface area contributed by atoms with Gasteiger partial charge in [0.15, 0.2) is 11.6 Å². The summed E-state index contributed by atoms with van der Waals surface area (Å²) in [4.78, 5) is 10.0. The molecule has 0 atom stereocenters. The highest BCUT2D eigenvalue weighted by Gasteiger charge is 2.20. The van der Waals surface area contributed by atoms with E-state index in [1.807, 2.05) is 0 Å². The van der Waals surface area contributed by atoms with E-state index >= 15 is 0 Å². The fourth-order valence-corrected chi connectivity index (χ4v) is 1.82. The van der Waals surface area contributed by atoms with E-state index in [-0.39, 0.29) is 23.0 Å². The molecule has 21 heavy (non-hydrogen) atoms. The Bertz CT molecular complexity index is 682. The van der Waals surface area contributed by atoms with Gasteiger partial charge in [0.25, 0.3) is 0 Å². The molecule has 0 radical (unpaired) electrons. The van der Waals surface area contributed by atoms with Gasteiger partial charge in [-0.25, -0.2) is 4.39 Å². The van der Waals surface area contributed by atoms with E-state index in [9.17, 15) is 19.6 Å². The zero-order valence-corrected chi connectivity index (χ0v) is 11.3. The number of rotatable bonds is 4. The first-order chi connectivity index (χ1) is 9.90. The summed E-state index contributed by atoms with van der Waals surface area (Å²) in [5.41, 5.74) is 0.230. The summed E-state index contributed by atoms with van der Waals surface area (Å²) in [6, 6.07) is 6.23. The molecule has 0 bridgehead atoms. The fraction of sp³-hybridized carbons (Fsp3) is 0.143. The number of phenols is 1. The molecule has 0 saturated heterocycles. The van der Waals surface area contributed by atoms with Gasteiger partial charge < -0.3 is 14.6 Å². The van der Waals surface area contributed by atoms with E-state index in [4.69, 9.17) is 9.47 Å². The Morgan fingerprint density at radius 2 is 1.90 bits per heavy atom. The van der Waals surface area contributed by atoms with Crippen molar-refractivity contribution < 1.29 is 23.9 Å². The zero-order valence-electron chi connectivity index (χ0n) is 11.3. The van der Waals surface area contributed by atoms with Crippen LogP contribution in [0, 0.1) is 22.9 Å². The summed E-state index contributed by atoms with van der Waals surface area (Å²) >= 11 is 0. The van der Waals surface area contributed by atoms with Crippen molar-refractivity contribution in [2.45, 2.75) is 6.92 Å². The normalized spacial score (nSPS) is 10.2. The number of benzene rings is 2. The quantitative estimate of drug-likeness (QED) is 0.688. The number of halogens is 1. The van der Waals surface area contributed by atoms with Gasteiger partial charge >= 0.3 is 5.69 Å². The van der Waals surface area contributed by atoms with Crippen molar-refractivity contribution in [2.75, 3.05) is 7.11 Å². The molecule has 0 unspecified atom stereocenters. The monoisotopic (exact) mass is 293 g/mol. The molecule has 0 aliphatic carbocycles. The Balaban J connectivity index is 2.42. The Kier molecular flexibility index (Phi) is 3.93. The third-order valence-electron chi connectivity index (χ3n) is 2.69. The number of phenolic OH excluding ortho intramolecular Hbond substituents is 1. The van der Waals surface area contributed by atoms with Gasteiger partial charge in [-0.1, -0.05) is 0 Å². The van der Waals surface area contributed by atoms with Gasteiger partial charge in [-0.2, -0.15) is 0 Å². The summed E-state index contributed by atoms with van der Waals surface area (Å²) in [5.74, 6) is -1.07. The van der Waals surface area contributed by atoms with Crippen LogP contribution < -0.4 is 9.47 Å². The SMILES string of the molecule is COc1cc(Oc2cc(C)cc(O)c2)c(F)cc1[N+](=O)[O-]. The second-order valence-electron chi connectivity index (χ2n) is 4.32. The summed E-state index contributed by atoms with van der Waals surface area (Å²) in [7, 11) is 1.24. The van der Waals surface area contributed by atoms with Crippen LogP contribution >= 0.6 is 0 Å². The van der Waals surface area contributed by atoms with Gasteiger partial charge in [-0.3, -0.25) is 10.1 Å². The second kappa shape index (κ2) is 5.66. The molecule has 2 aromatic carbocycles. The van der Waals surface area contributed by atoms with E-state index in [1.54, 1.807) is 13.0 Å². The molecule has 0 aliphatic heterocycles. The van der Waals surface area contributed by atoms with E-state index in [2.05, 4.69) is 0 Å². The lowest BCUT2D eigenvalue weighted by Crippen LogP contribution is -1.97. The minimum absolute atomic E-state index is 0.0284. The zero-order chi connectivity index (χ0) is 15.6. The number of aromatic hydroxyl groups is 1. The number of methoxy groups -OCH3 is 1. The molecule has 0 fully saturated rings. The van der Waals surface area contributed by atoms with Gasteiger partial charge in [-0.15, -0.1) is 0 Å². The number of aryl methyl sites for hydroxylation is 1. The van der Waals surface area contributed by atoms with Crippen molar-refractivity contribution in [1.29, 1.82) is 0 Å². The minimum Gasteiger partial charge on any atom is -0.508 e. The molecule has 0 aromatic heterocycles. The fourth-order valence-electron chi connectivity index (χ4n) is 1.82. The average molecular weight is 293 g/mol. The van der Waals surface area contributed by atoms with Crippen LogP contribution in [-0.4, -0.2) is 17.1 Å². The van der Waals surface area contributed by atoms with Crippen molar-refractivity contribution in [1.82, 2.24) is 0 Å². The third-order valence-corrected chi connectivity index (χ3v) is 2.69. The molecule has 2 aromatic rings. The Morgan fingerprint density at radius 1 is 1.19 bits per heavy atom. The van der Waals surface area contributed by atoms with Crippen LogP contribution in [0.4, 0.5) is 10.1 Å². The highest BCUT2D eigenvalue weighted by molar-refractivity contribution is 5.52. The molecule has 6 nitrogen and oxygen atoms in total. The van der Waals surface area contributed by atoms with E-state index in [0.717, 1.165) is 17.7 Å². The van der Waals surface area contributed by atoms with Crippen LogP contribution in [0.5, 0.6) is 23.0 Å². The van der Waals surface area contributed by atoms with Gasteiger partial charge in [0, 0.05) is 12.1 Å². The number of ether oxygens (including phenoxy) is 2. The van der Waals surface area contributed by atoms with Crippen molar-refractivity contribution in [3.63, 3.8) is 0 Å². The van der Waals surface area contributed by atoms with Gasteiger partial charge in [0.2, 0.25) is 5.75 Å². The maximum absolute atomic E-state index is 13.9. The first-order valence-corrected chi connectivity index (χ1v) is 5.91. The van der Waals surface area contributed by atoms with Crippen LogP contribution in [-0.2, 0) is 0 Å². The summed E-state index contributed by atoms with van der Waals surface area (Å²) in [6.45, 7) is 1.74. The lowest BCUT2D eigenvalue weighted by atomic mass is 10.2. The van der Waals surface area contributed by atoms with Gasteiger partial charge in [0.1, 0.15) is 11.5 Å². The maximum Gasteiger partial charge on any atom is 0.314 e. The molecule has 0 saturated carbocycles. The van der Waals surface area contributed by atoms with Crippen LogP contribution in [0.2, 0.25) is 0 Å². The maximum atomic E-state index is 13.9. The van der Waals surface area contributed by atoms with Crippen molar-refractivity contribution in [2.24, 2.45) is 0 Å². The largest absolute Gasteiger partial charge is 0.508 e. The minimum atomic E-state index is -0.900. The topological polar surface area (TPSA) is 81.8 Å². The van der Waals surface area contributed by atoms with Crippen molar-refractivity contribution in [3.8, 4) is 23.0 Å². The van der Waals surface area contributed by atoms with Gasteiger partial charge in [-0.05, 0) is 24.6 Å². The van der Waals surface area contributed by atoms with Crippen LogP contribution in [0.15, 0.2) is 30.3 Å². The number of hydrogen-bond acceptors (Lipinski definition) is 5. The number of hydrogen-bond donors (Lipinski definition) is 1. The highest BCUT2D eigenvalue weighted by atomic mass is 19.1. The molecule has 0 heterocycles. The predicted molar refractivity (Wildman–Crippen MR) is 72.5 cm³/mol. The molecule has 0 aliphatic rings. The Morgan fingerprint density at radius 3 is 2.48 bits per heavy atom. The molecule has 2 rings (SSSR count). The lowest BCUT2D eigenvalue weighted by molar-refractivity contribution is -0.386. The Labute approximate surface area is 119 Å². The molecule has 1 N–H and O–H groups in total. The van der Waals surface area contributed by atoms with Crippen LogP contribution in [0.1, 0.15) is 5.56 Å². The summed E-state index contributed by atoms with van der Waals surface area (Å²) in [6.07, 6.45) is 0. The highest BCUT2D eigenvalue weighted by Crippen LogP contribution is 2.36. The average Bonchev–Trinajstić information content (AvgIpc) is 2.39. The van der Waals surface area contributed by atoms with Crippen molar-refractivity contribution in [3.05, 3.63) is 51.8 Å². The third kappa shape index (κ3) is 3.19. The molecular formula is C14H12FNO5. The molecule has 7 heteroatoms. The van der Waals surface area contributed by atoms with E-state index in [1.165, 1.54) is 19.2 Å². The summed E-state index contributed by atoms with van der Waals surface area (Å²) < 4.78 is 24.0. The molecule has 0 spiro atoms. The number of nitro benzene ring substituents is 1. The molecule has 0 amide bonds.